The third-order valence-corrected chi connectivity index (χ3v) is 7.43. The van der Waals surface area contributed by atoms with Crippen molar-refractivity contribution in [2.45, 2.75) is 63.0 Å². The Balaban J connectivity index is 1.70. The van der Waals surface area contributed by atoms with Crippen molar-refractivity contribution < 1.29 is 48.0 Å². The van der Waals surface area contributed by atoms with Crippen LogP contribution >= 0.6 is 11.8 Å². The van der Waals surface area contributed by atoms with E-state index in [9.17, 15) is 24.3 Å². The van der Waals surface area contributed by atoms with E-state index in [-0.39, 0.29) is 12.4 Å². The van der Waals surface area contributed by atoms with Crippen molar-refractivity contribution in [2.75, 3.05) is 6.61 Å². The molecule has 4 rings (SSSR count). The van der Waals surface area contributed by atoms with E-state index in [2.05, 4.69) is 15.6 Å². The van der Waals surface area contributed by atoms with Gasteiger partial charge in [-0.05, 0) is 12.1 Å². The maximum atomic E-state index is 12.2. The Bertz CT molecular complexity index is 1420. The SMILES string of the molecule is CC(=O)OC[C@H]1O[C@@H](SC2NN=C(c3ccccc3)N2/N=C/c2ccccc2O)[C@H](OC(C)=O)[C@@H](OC(C)=O)[C@@H]1OC(C)=O. The Labute approximate surface area is 257 Å². The largest absolute Gasteiger partial charge is 0.507 e. The predicted molar refractivity (Wildman–Crippen MR) is 157 cm³/mol. The first-order valence-corrected chi connectivity index (χ1v) is 14.4. The monoisotopic (exact) mass is 628 g/mol. The lowest BCUT2D eigenvalue weighted by Crippen LogP contribution is -2.62. The van der Waals surface area contributed by atoms with Crippen molar-refractivity contribution in [3.05, 3.63) is 65.7 Å². The molecule has 2 aliphatic heterocycles. The average Bonchev–Trinajstić information content (AvgIpc) is 3.36. The van der Waals surface area contributed by atoms with Crippen LogP contribution in [0.25, 0.3) is 0 Å². The van der Waals surface area contributed by atoms with Gasteiger partial charge in [-0.1, -0.05) is 54.2 Å². The van der Waals surface area contributed by atoms with E-state index in [1.54, 1.807) is 23.2 Å². The molecule has 1 fully saturated rings. The number of phenols is 1. The maximum absolute atomic E-state index is 12.2. The highest BCUT2D eigenvalue weighted by Crippen LogP contribution is 2.37. The summed E-state index contributed by atoms with van der Waals surface area (Å²) in [5.74, 6) is -2.33. The molecular formula is C29H32N4O10S. The first-order chi connectivity index (χ1) is 21.0. The third kappa shape index (κ3) is 8.26. The van der Waals surface area contributed by atoms with E-state index in [0.29, 0.717) is 11.4 Å². The number of carbonyl (C=O) groups excluding carboxylic acids is 4. The number of nitrogens with zero attached hydrogens (tertiary/aromatic N) is 3. The van der Waals surface area contributed by atoms with Crippen molar-refractivity contribution in [3.8, 4) is 5.75 Å². The number of amidine groups is 1. The van der Waals surface area contributed by atoms with Crippen LogP contribution in [0.4, 0.5) is 0 Å². The van der Waals surface area contributed by atoms with Crippen LogP contribution < -0.4 is 5.43 Å². The Hall–Kier alpha value is -4.63. The number of esters is 4. The molecule has 1 unspecified atom stereocenters. The van der Waals surface area contributed by atoms with Gasteiger partial charge in [0.1, 0.15) is 23.9 Å². The molecule has 44 heavy (non-hydrogen) atoms. The molecule has 1 saturated heterocycles. The van der Waals surface area contributed by atoms with Crippen LogP contribution in [0.15, 0.2) is 64.8 Å². The van der Waals surface area contributed by atoms with Crippen LogP contribution in [0.2, 0.25) is 0 Å². The first kappa shape index (κ1) is 32.3. The minimum absolute atomic E-state index is 0.0189. The second-order valence-corrected chi connectivity index (χ2v) is 10.8. The Morgan fingerprint density at radius 3 is 2.16 bits per heavy atom. The highest BCUT2D eigenvalue weighted by atomic mass is 32.2. The van der Waals surface area contributed by atoms with Gasteiger partial charge in [0.2, 0.25) is 0 Å². The molecule has 2 N–H and O–H groups in total. The van der Waals surface area contributed by atoms with Gasteiger partial charge in [0.05, 0.1) is 6.21 Å². The van der Waals surface area contributed by atoms with E-state index in [0.717, 1.165) is 31.2 Å². The maximum Gasteiger partial charge on any atom is 0.303 e. The first-order valence-electron chi connectivity index (χ1n) is 13.5. The second kappa shape index (κ2) is 14.7. The number of hydrazone groups is 2. The highest BCUT2D eigenvalue weighted by Gasteiger charge is 2.53. The Kier molecular flexibility index (Phi) is 10.8. The van der Waals surface area contributed by atoms with Gasteiger partial charge in [0.15, 0.2) is 29.6 Å². The van der Waals surface area contributed by atoms with Crippen molar-refractivity contribution in [3.63, 3.8) is 0 Å². The van der Waals surface area contributed by atoms with E-state index >= 15 is 0 Å². The summed E-state index contributed by atoms with van der Waals surface area (Å²) in [6.07, 6.45) is -3.51. The molecule has 0 amide bonds. The van der Waals surface area contributed by atoms with Gasteiger partial charge >= 0.3 is 23.9 Å². The zero-order chi connectivity index (χ0) is 31.8. The molecule has 2 aromatic rings. The molecule has 0 aromatic heterocycles. The number of carbonyl (C=O) groups is 4. The molecule has 0 saturated carbocycles. The number of ether oxygens (including phenoxy) is 5. The number of nitrogens with one attached hydrogen (secondary N) is 1. The van der Waals surface area contributed by atoms with Crippen molar-refractivity contribution in [1.82, 2.24) is 10.4 Å². The Morgan fingerprint density at radius 2 is 1.52 bits per heavy atom. The van der Waals surface area contributed by atoms with Gasteiger partial charge in [-0.2, -0.15) is 10.2 Å². The summed E-state index contributed by atoms with van der Waals surface area (Å²) in [5, 5.41) is 20.9. The van der Waals surface area contributed by atoms with Crippen molar-refractivity contribution >= 4 is 47.7 Å². The fraction of sp³-hybridized carbons (Fsp3) is 0.379. The second-order valence-electron chi connectivity index (χ2n) is 9.63. The molecule has 0 radical (unpaired) electrons. The summed E-state index contributed by atoms with van der Waals surface area (Å²) in [5.41, 5.74) is 2.30. The summed E-state index contributed by atoms with van der Waals surface area (Å²) in [4.78, 5) is 48.1. The lowest BCUT2D eigenvalue weighted by molar-refractivity contribution is -0.237. The minimum Gasteiger partial charge on any atom is -0.507 e. The number of phenolic OH excluding ortho intramolecular Hbond substituents is 1. The topological polar surface area (TPSA) is 175 Å². The summed E-state index contributed by atoms with van der Waals surface area (Å²) in [7, 11) is 0. The van der Waals surface area contributed by atoms with E-state index in [4.69, 9.17) is 23.7 Å². The van der Waals surface area contributed by atoms with Gasteiger partial charge in [0, 0.05) is 38.8 Å². The predicted octanol–water partition coefficient (Wildman–Crippen LogP) is 2.09. The molecule has 15 heteroatoms. The molecule has 14 nitrogen and oxygen atoms in total. The summed E-state index contributed by atoms with van der Waals surface area (Å²) < 4.78 is 28.0. The van der Waals surface area contributed by atoms with Crippen LogP contribution in [0.1, 0.15) is 38.8 Å². The fourth-order valence-electron chi connectivity index (χ4n) is 4.47. The molecule has 234 valence electrons. The summed E-state index contributed by atoms with van der Waals surface area (Å²) in [6.45, 7) is 4.33. The normalized spacial score (nSPS) is 24.6. The number of thioether (sulfide) groups is 1. The van der Waals surface area contributed by atoms with E-state index < -0.39 is 59.2 Å². The molecule has 0 bridgehead atoms. The van der Waals surface area contributed by atoms with Crippen LogP contribution in [-0.2, 0) is 42.9 Å². The standard InChI is InChI=1S/C29H32N4O10S/c1-16(34)39-15-23-24(40-17(2)35)25(41-18(3)36)26(42-19(4)37)28(43-23)44-29-32-31-27(20-10-6-5-7-11-20)33(29)30-14-21-12-8-9-13-22(21)38/h5-14,23-26,28-29,32,38H,15H2,1-4H3/b30-14+/t23-,24-,25+,26-,28+,29?/m1/s1. The van der Waals surface area contributed by atoms with Gasteiger partial charge in [0.25, 0.3) is 0 Å². The van der Waals surface area contributed by atoms with Crippen LogP contribution in [-0.4, -0.2) is 88.0 Å². The van der Waals surface area contributed by atoms with Crippen LogP contribution in [0.3, 0.4) is 0 Å². The van der Waals surface area contributed by atoms with Crippen molar-refractivity contribution in [2.24, 2.45) is 10.2 Å². The average molecular weight is 629 g/mol. The molecule has 2 heterocycles. The number of hydrogen-bond donors (Lipinski definition) is 2. The zero-order valence-corrected chi connectivity index (χ0v) is 25.1. The van der Waals surface area contributed by atoms with E-state index in [1.807, 2.05) is 30.3 Å². The smallest absolute Gasteiger partial charge is 0.303 e. The fourth-order valence-corrected chi connectivity index (χ4v) is 5.68. The summed E-state index contributed by atoms with van der Waals surface area (Å²) >= 11 is 1.07. The number of aromatic hydroxyl groups is 1. The minimum atomic E-state index is -1.32. The number of rotatable bonds is 10. The van der Waals surface area contributed by atoms with Crippen LogP contribution in [0, 0.1) is 0 Å². The third-order valence-electron chi connectivity index (χ3n) is 6.22. The molecule has 0 aliphatic carbocycles. The number of para-hydroxylation sites is 1. The molecule has 2 aliphatic rings. The van der Waals surface area contributed by atoms with Crippen LogP contribution in [0.5, 0.6) is 5.75 Å². The quantitative estimate of drug-likeness (QED) is 0.223. The molecule has 0 spiro atoms. The molecule has 6 atom stereocenters. The Morgan fingerprint density at radius 1 is 0.909 bits per heavy atom. The van der Waals surface area contributed by atoms with Gasteiger partial charge in [-0.15, -0.1) is 0 Å². The number of hydrogen-bond acceptors (Lipinski definition) is 15. The molecule has 2 aromatic carbocycles. The lowest BCUT2D eigenvalue weighted by atomic mass is 9.99. The van der Waals surface area contributed by atoms with Gasteiger partial charge < -0.3 is 28.8 Å². The highest BCUT2D eigenvalue weighted by molar-refractivity contribution is 8.00. The lowest BCUT2D eigenvalue weighted by Gasteiger charge is -2.44. The van der Waals surface area contributed by atoms with Gasteiger partial charge in [-0.25, -0.2) is 5.01 Å². The zero-order valence-electron chi connectivity index (χ0n) is 24.3. The van der Waals surface area contributed by atoms with Crippen molar-refractivity contribution in [1.29, 1.82) is 0 Å². The van der Waals surface area contributed by atoms with Gasteiger partial charge in [-0.3, -0.25) is 24.6 Å². The van der Waals surface area contributed by atoms with E-state index in [1.165, 1.54) is 26.1 Å². The summed E-state index contributed by atoms with van der Waals surface area (Å²) in [6, 6.07) is 15.8. The number of benzene rings is 2. The molecular weight excluding hydrogens is 596 g/mol.